The molecule has 0 aliphatic heterocycles. The first-order valence-electron chi connectivity index (χ1n) is 7.55. The molecule has 4 heteroatoms. The zero-order chi connectivity index (χ0) is 16.8. The van der Waals surface area contributed by atoms with Gasteiger partial charge in [-0.15, -0.1) is 0 Å². The van der Waals surface area contributed by atoms with Crippen LogP contribution in [0.5, 0.6) is 5.75 Å². The van der Waals surface area contributed by atoms with Gasteiger partial charge < -0.3 is 10.1 Å². The molecule has 0 amide bonds. The van der Waals surface area contributed by atoms with Crippen LogP contribution in [0.3, 0.4) is 0 Å². The molecule has 24 heavy (non-hydrogen) atoms. The number of hydrogen-bond donors (Lipinski definition) is 1. The Balaban J connectivity index is 1.97. The number of anilines is 1. The van der Waals surface area contributed by atoms with Gasteiger partial charge in [-0.25, -0.2) is 4.99 Å². The van der Waals surface area contributed by atoms with Gasteiger partial charge in [-0.05, 0) is 60.7 Å². The second-order valence-electron chi connectivity index (χ2n) is 5.16. The molecule has 0 bridgehead atoms. The summed E-state index contributed by atoms with van der Waals surface area (Å²) in [6, 6.07) is 25.8. The van der Waals surface area contributed by atoms with Crippen LogP contribution < -0.4 is 10.1 Å². The van der Waals surface area contributed by atoms with E-state index in [0.717, 1.165) is 33.0 Å². The summed E-state index contributed by atoms with van der Waals surface area (Å²) >= 11 is 3.45. The minimum atomic E-state index is 0.783. The van der Waals surface area contributed by atoms with Crippen LogP contribution in [0.4, 0.5) is 11.4 Å². The van der Waals surface area contributed by atoms with Crippen molar-refractivity contribution in [3.63, 3.8) is 0 Å². The SMILES string of the molecule is COc1ccc(C(=Nc2ccc(Br)cc2)Nc2ccccc2)cc1. The summed E-state index contributed by atoms with van der Waals surface area (Å²) in [5, 5.41) is 3.39. The lowest BCUT2D eigenvalue weighted by molar-refractivity contribution is 0.415. The number of nitrogens with one attached hydrogen (secondary N) is 1. The van der Waals surface area contributed by atoms with Crippen LogP contribution >= 0.6 is 15.9 Å². The molecule has 0 saturated heterocycles. The summed E-state index contributed by atoms with van der Waals surface area (Å²) in [7, 11) is 1.66. The fraction of sp³-hybridized carbons (Fsp3) is 0.0500. The normalized spacial score (nSPS) is 11.2. The van der Waals surface area contributed by atoms with Gasteiger partial charge in [0.1, 0.15) is 11.6 Å². The van der Waals surface area contributed by atoms with Gasteiger partial charge in [-0.1, -0.05) is 34.1 Å². The summed E-state index contributed by atoms with van der Waals surface area (Å²) in [6.45, 7) is 0. The van der Waals surface area contributed by atoms with E-state index >= 15 is 0 Å². The van der Waals surface area contributed by atoms with Crippen molar-refractivity contribution in [1.29, 1.82) is 0 Å². The number of amidine groups is 1. The molecule has 1 N–H and O–H groups in total. The number of aliphatic imine (C=N–C) groups is 1. The topological polar surface area (TPSA) is 33.6 Å². The molecule has 3 rings (SSSR count). The van der Waals surface area contributed by atoms with Crippen LogP contribution in [-0.4, -0.2) is 12.9 Å². The largest absolute Gasteiger partial charge is 0.497 e. The molecular formula is C20H17BrN2O. The molecule has 0 fully saturated rings. The van der Waals surface area contributed by atoms with E-state index < -0.39 is 0 Å². The lowest BCUT2D eigenvalue weighted by Crippen LogP contribution is -2.13. The maximum atomic E-state index is 5.23. The molecule has 0 heterocycles. The predicted octanol–water partition coefficient (Wildman–Crippen LogP) is 5.65. The summed E-state index contributed by atoms with van der Waals surface area (Å²) in [4.78, 5) is 4.76. The van der Waals surface area contributed by atoms with E-state index in [1.165, 1.54) is 0 Å². The molecule has 0 aliphatic carbocycles. The number of methoxy groups -OCH3 is 1. The smallest absolute Gasteiger partial charge is 0.138 e. The maximum absolute atomic E-state index is 5.23. The van der Waals surface area contributed by atoms with Crippen LogP contribution in [0.1, 0.15) is 5.56 Å². The fourth-order valence-electron chi connectivity index (χ4n) is 2.22. The van der Waals surface area contributed by atoms with Crippen LogP contribution in [-0.2, 0) is 0 Å². The van der Waals surface area contributed by atoms with E-state index in [1.807, 2.05) is 78.9 Å². The highest BCUT2D eigenvalue weighted by atomic mass is 79.9. The Hall–Kier alpha value is -2.59. The number of hydrogen-bond acceptors (Lipinski definition) is 2. The molecule has 0 radical (unpaired) electrons. The third-order valence-corrected chi connectivity index (χ3v) is 4.00. The van der Waals surface area contributed by atoms with Gasteiger partial charge >= 0.3 is 0 Å². The fourth-order valence-corrected chi connectivity index (χ4v) is 2.48. The van der Waals surface area contributed by atoms with Crippen LogP contribution in [0, 0.1) is 0 Å². The number of para-hydroxylation sites is 1. The Morgan fingerprint density at radius 1 is 0.875 bits per heavy atom. The van der Waals surface area contributed by atoms with E-state index in [2.05, 4.69) is 21.2 Å². The highest BCUT2D eigenvalue weighted by molar-refractivity contribution is 9.10. The van der Waals surface area contributed by atoms with Crippen molar-refractivity contribution >= 4 is 33.1 Å². The van der Waals surface area contributed by atoms with Gasteiger partial charge in [0.2, 0.25) is 0 Å². The van der Waals surface area contributed by atoms with Crippen molar-refractivity contribution in [2.75, 3.05) is 12.4 Å². The Morgan fingerprint density at radius 2 is 1.54 bits per heavy atom. The number of nitrogens with zero attached hydrogens (tertiary/aromatic N) is 1. The lowest BCUT2D eigenvalue weighted by Gasteiger charge is -2.11. The molecule has 0 aromatic heterocycles. The lowest BCUT2D eigenvalue weighted by atomic mass is 10.2. The molecule has 3 aromatic carbocycles. The first kappa shape index (κ1) is 16.3. The van der Waals surface area contributed by atoms with Gasteiger partial charge in [-0.3, -0.25) is 0 Å². The minimum absolute atomic E-state index is 0.783. The third kappa shape index (κ3) is 4.24. The molecular weight excluding hydrogens is 364 g/mol. The number of halogens is 1. The highest BCUT2D eigenvalue weighted by Gasteiger charge is 2.05. The van der Waals surface area contributed by atoms with E-state index in [4.69, 9.17) is 9.73 Å². The van der Waals surface area contributed by atoms with E-state index in [1.54, 1.807) is 7.11 Å². The monoisotopic (exact) mass is 380 g/mol. The summed E-state index contributed by atoms with van der Waals surface area (Å²) < 4.78 is 6.26. The van der Waals surface area contributed by atoms with Crippen molar-refractivity contribution in [1.82, 2.24) is 0 Å². The minimum Gasteiger partial charge on any atom is -0.497 e. The quantitative estimate of drug-likeness (QED) is 0.468. The Labute approximate surface area is 150 Å². The van der Waals surface area contributed by atoms with E-state index in [-0.39, 0.29) is 0 Å². The zero-order valence-electron chi connectivity index (χ0n) is 13.2. The van der Waals surface area contributed by atoms with Gasteiger partial charge in [0.15, 0.2) is 0 Å². The van der Waals surface area contributed by atoms with Crippen molar-refractivity contribution < 1.29 is 4.74 Å². The van der Waals surface area contributed by atoms with Crippen LogP contribution in [0.15, 0.2) is 88.3 Å². The summed E-state index contributed by atoms with van der Waals surface area (Å²) in [6.07, 6.45) is 0. The molecule has 3 aromatic rings. The Morgan fingerprint density at radius 3 is 2.17 bits per heavy atom. The van der Waals surface area contributed by atoms with Gasteiger partial charge in [0.05, 0.1) is 12.8 Å². The second kappa shape index (κ2) is 7.79. The van der Waals surface area contributed by atoms with E-state index in [9.17, 15) is 0 Å². The van der Waals surface area contributed by atoms with E-state index in [0.29, 0.717) is 0 Å². The predicted molar refractivity (Wildman–Crippen MR) is 103 cm³/mol. The standard InChI is InChI=1S/C20H17BrN2O/c1-24-19-13-7-15(8-14-19)20(22-17-5-3-2-4-6-17)23-18-11-9-16(21)10-12-18/h2-14H,1H3,(H,22,23). The average molecular weight is 381 g/mol. The average Bonchev–Trinajstić information content (AvgIpc) is 2.64. The molecule has 0 atom stereocenters. The first-order chi connectivity index (χ1) is 11.7. The number of ether oxygens (including phenoxy) is 1. The third-order valence-electron chi connectivity index (χ3n) is 3.47. The molecule has 3 nitrogen and oxygen atoms in total. The summed E-state index contributed by atoms with van der Waals surface area (Å²) in [5.41, 5.74) is 2.86. The van der Waals surface area contributed by atoms with Crippen molar-refractivity contribution in [2.45, 2.75) is 0 Å². The first-order valence-corrected chi connectivity index (χ1v) is 8.34. The Kier molecular flexibility index (Phi) is 5.29. The molecule has 0 unspecified atom stereocenters. The van der Waals surface area contributed by atoms with Crippen LogP contribution in [0.25, 0.3) is 0 Å². The highest BCUT2D eigenvalue weighted by Crippen LogP contribution is 2.20. The molecule has 0 spiro atoms. The number of rotatable bonds is 4. The van der Waals surface area contributed by atoms with Gasteiger partial charge in [0.25, 0.3) is 0 Å². The Bertz CT molecular complexity index is 813. The molecule has 120 valence electrons. The number of benzene rings is 3. The second-order valence-corrected chi connectivity index (χ2v) is 6.07. The zero-order valence-corrected chi connectivity index (χ0v) is 14.8. The van der Waals surface area contributed by atoms with Gasteiger partial charge in [0, 0.05) is 15.7 Å². The van der Waals surface area contributed by atoms with Crippen molar-refractivity contribution in [3.8, 4) is 5.75 Å². The summed E-state index contributed by atoms with van der Waals surface area (Å²) in [5.74, 6) is 1.60. The van der Waals surface area contributed by atoms with Gasteiger partial charge in [-0.2, -0.15) is 0 Å². The molecule has 0 saturated carbocycles. The van der Waals surface area contributed by atoms with Crippen molar-refractivity contribution in [2.24, 2.45) is 4.99 Å². The van der Waals surface area contributed by atoms with Crippen LogP contribution in [0.2, 0.25) is 0 Å². The molecule has 0 aliphatic rings. The van der Waals surface area contributed by atoms with Crippen molar-refractivity contribution in [3.05, 3.63) is 88.9 Å². The maximum Gasteiger partial charge on any atom is 0.138 e.